The molecule has 10 heteroatoms. The van der Waals surface area contributed by atoms with Crippen LogP contribution in [-0.2, 0) is 25.2 Å². The third-order valence-corrected chi connectivity index (χ3v) is 7.08. The van der Waals surface area contributed by atoms with Gasteiger partial charge in [0, 0.05) is 33.8 Å². The summed E-state index contributed by atoms with van der Waals surface area (Å²) in [7, 11) is 2.52. The number of rotatable bonds is 5. The molecule has 4 rings (SSSR count). The molecule has 0 amide bonds. The predicted molar refractivity (Wildman–Crippen MR) is 134 cm³/mol. The number of aromatic nitrogens is 1. The van der Waals surface area contributed by atoms with Crippen LogP contribution in [0, 0.1) is 5.92 Å². The minimum absolute atomic E-state index is 0.227. The summed E-state index contributed by atoms with van der Waals surface area (Å²) >= 11 is 1.25. The van der Waals surface area contributed by atoms with Crippen LogP contribution in [0.1, 0.15) is 30.9 Å². The van der Waals surface area contributed by atoms with E-state index in [1.54, 1.807) is 49.6 Å². The summed E-state index contributed by atoms with van der Waals surface area (Å²) in [4.78, 5) is 34.8. The van der Waals surface area contributed by atoms with Crippen LogP contribution in [0.4, 0.5) is 13.2 Å². The average Bonchev–Trinajstić information content (AvgIpc) is 3.37. The summed E-state index contributed by atoms with van der Waals surface area (Å²) in [5, 5.41) is 2.20. The molecule has 2 heterocycles. The number of thiazole rings is 1. The van der Waals surface area contributed by atoms with Crippen LogP contribution in [0.5, 0.6) is 0 Å². The number of alkyl halides is 3. The van der Waals surface area contributed by atoms with E-state index in [0.717, 1.165) is 12.1 Å². The van der Waals surface area contributed by atoms with Gasteiger partial charge in [-0.3, -0.25) is 9.79 Å². The fourth-order valence-electron chi connectivity index (χ4n) is 4.53. The molecule has 2 atom stereocenters. The first-order valence-electron chi connectivity index (χ1n) is 11.2. The van der Waals surface area contributed by atoms with Crippen LogP contribution >= 0.6 is 11.3 Å². The molecule has 6 nitrogen and oxygen atoms in total. The van der Waals surface area contributed by atoms with Crippen molar-refractivity contribution < 1.29 is 32.2 Å². The lowest BCUT2D eigenvalue weighted by Gasteiger charge is -2.32. The number of hydrogen-bond acceptors (Lipinski definition) is 7. The Morgan fingerprint density at radius 2 is 1.73 bits per heavy atom. The molecule has 2 unspecified atom stereocenters. The zero-order chi connectivity index (χ0) is 26.9. The van der Waals surface area contributed by atoms with E-state index in [1.165, 1.54) is 31.6 Å². The average molecular weight is 529 g/mol. The SMILES string of the molecule is COC(=O)C1=C(C)N=C(C)C(C(=O)OC)C1c1ccccc1-c1nc(-c2cccc(C(F)(F)F)c2)cs1. The summed E-state index contributed by atoms with van der Waals surface area (Å²) in [6.07, 6.45) is -4.47. The molecule has 0 aliphatic carbocycles. The van der Waals surface area contributed by atoms with Gasteiger partial charge in [0.25, 0.3) is 0 Å². The second kappa shape index (κ2) is 10.3. The van der Waals surface area contributed by atoms with Gasteiger partial charge in [0.05, 0.1) is 31.1 Å². The van der Waals surface area contributed by atoms with Crippen molar-refractivity contribution in [2.45, 2.75) is 25.9 Å². The van der Waals surface area contributed by atoms with Crippen molar-refractivity contribution >= 4 is 29.0 Å². The lowest BCUT2D eigenvalue weighted by Crippen LogP contribution is -2.36. The first-order chi connectivity index (χ1) is 17.6. The molecule has 1 aliphatic heterocycles. The Morgan fingerprint density at radius 3 is 2.41 bits per heavy atom. The molecule has 0 N–H and O–H groups in total. The molecule has 3 aromatic rings. The number of carbonyl (C=O) groups excluding carboxylic acids is 2. The first-order valence-corrected chi connectivity index (χ1v) is 12.1. The molecule has 1 aromatic heterocycles. The number of methoxy groups -OCH3 is 2. The van der Waals surface area contributed by atoms with Crippen LogP contribution in [0.25, 0.3) is 21.8 Å². The molecule has 2 aromatic carbocycles. The van der Waals surface area contributed by atoms with Crippen LogP contribution < -0.4 is 0 Å². The topological polar surface area (TPSA) is 77.8 Å². The van der Waals surface area contributed by atoms with Gasteiger partial charge in [-0.2, -0.15) is 13.2 Å². The van der Waals surface area contributed by atoms with Crippen LogP contribution in [0.3, 0.4) is 0 Å². The van der Waals surface area contributed by atoms with E-state index in [-0.39, 0.29) is 5.57 Å². The number of esters is 2. The molecule has 37 heavy (non-hydrogen) atoms. The van der Waals surface area contributed by atoms with Crippen molar-refractivity contribution in [1.29, 1.82) is 0 Å². The summed E-state index contributed by atoms with van der Waals surface area (Å²) in [6.45, 7) is 3.37. The highest BCUT2D eigenvalue weighted by molar-refractivity contribution is 7.13. The molecule has 0 bridgehead atoms. The van der Waals surface area contributed by atoms with E-state index in [2.05, 4.69) is 9.98 Å². The third-order valence-electron chi connectivity index (χ3n) is 6.20. The van der Waals surface area contributed by atoms with Gasteiger partial charge < -0.3 is 9.47 Å². The number of halogens is 3. The molecule has 0 saturated heterocycles. The summed E-state index contributed by atoms with van der Waals surface area (Å²) in [5.74, 6) is -2.83. The number of hydrogen-bond donors (Lipinski definition) is 0. The Morgan fingerprint density at radius 1 is 1.00 bits per heavy atom. The monoisotopic (exact) mass is 528 g/mol. The van der Waals surface area contributed by atoms with Gasteiger partial charge in [0.1, 0.15) is 10.9 Å². The number of nitrogens with zero attached hydrogens (tertiary/aromatic N) is 2. The molecule has 192 valence electrons. The van der Waals surface area contributed by atoms with Gasteiger partial charge in [0.15, 0.2) is 0 Å². The van der Waals surface area contributed by atoms with E-state index < -0.39 is 35.5 Å². The van der Waals surface area contributed by atoms with Gasteiger partial charge in [0.2, 0.25) is 0 Å². The summed E-state index contributed by atoms with van der Waals surface area (Å²) in [6, 6.07) is 12.1. The van der Waals surface area contributed by atoms with Crippen molar-refractivity contribution in [3.05, 3.63) is 76.3 Å². The predicted octanol–water partition coefficient (Wildman–Crippen LogP) is 6.29. The largest absolute Gasteiger partial charge is 0.468 e. The van der Waals surface area contributed by atoms with Crippen molar-refractivity contribution in [2.75, 3.05) is 14.2 Å². The maximum absolute atomic E-state index is 13.2. The van der Waals surface area contributed by atoms with E-state index >= 15 is 0 Å². The molecule has 0 fully saturated rings. The highest BCUT2D eigenvalue weighted by Gasteiger charge is 2.43. The van der Waals surface area contributed by atoms with Gasteiger partial charge in [-0.1, -0.05) is 36.4 Å². The molecular weight excluding hydrogens is 505 g/mol. The Balaban J connectivity index is 1.86. The van der Waals surface area contributed by atoms with Gasteiger partial charge in [-0.15, -0.1) is 11.3 Å². The normalized spacial score (nSPS) is 17.9. The molecule has 1 aliphatic rings. The fourth-order valence-corrected chi connectivity index (χ4v) is 5.40. The quantitative estimate of drug-likeness (QED) is 0.364. The number of allylic oxidation sites excluding steroid dienone is 1. The van der Waals surface area contributed by atoms with E-state index in [9.17, 15) is 22.8 Å². The Hall–Kier alpha value is -3.79. The van der Waals surface area contributed by atoms with Crippen molar-refractivity contribution in [3.8, 4) is 21.8 Å². The number of ether oxygens (including phenoxy) is 2. The number of benzene rings is 2. The Labute approximate surface area is 215 Å². The second-order valence-corrected chi connectivity index (χ2v) is 9.28. The highest BCUT2D eigenvalue weighted by atomic mass is 32.1. The standard InChI is InChI=1S/C27H23F3N2O4S/c1-14-21(25(33)35-3)23(22(15(2)31-14)26(34)36-4)18-10-5-6-11-19(18)24-32-20(13-37-24)16-8-7-9-17(12-16)27(28,29)30/h5-13,21,23H,1-4H3. The Kier molecular flexibility index (Phi) is 7.31. The van der Waals surface area contributed by atoms with E-state index in [0.29, 0.717) is 38.8 Å². The minimum Gasteiger partial charge on any atom is -0.468 e. The lowest BCUT2D eigenvalue weighted by molar-refractivity contribution is -0.144. The fraction of sp³-hybridized carbons (Fsp3) is 0.259. The van der Waals surface area contributed by atoms with Crippen LogP contribution in [0.2, 0.25) is 0 Å². The minimum atomic E-state index is -4.47. The zero-order valence-electron chi connectivity index (χ0n) is 20.4. The van der Waals surface area contributed by atoms with Gasteiger partial charge in [-0.25, -0.2) is 9.78 Å². The van der Waals surface area contributed by atoms with E-state index in [1.807, 2.05) is 0 Å². The van der Waals surface area contributed by atoms with E-state index in [4.69, 9.17) is 9.47 Å². The second-order valence-electron chi connectivity index (χ2n) is 8.43. The summed E-state index contributed by atoms with van der Waals surface area (Å²) < 4.78 is 49.8. The zero-order valence-corrected chi connectivity index (χ0v) is 21.2. The number of aliphatic imine (C=N–C) groups is 1. The van der Waals surface area contributed by atoms with Crippen molar-refractivity contribution in [3.63, 3.8) is 0 Å². The maximum Gasteiger partial charge on any atom is 0.416 e. The Bertz CT molecular complexity index is 1420. The van der Waals surface area contributed by atoms with Crippen molar-refractivity contribution in [2.24, 2.45) is 10.9 Å². The van der Waals surface area contributed by atoms with Crippen LogP contribution in [-0.4, -0.2) is 36.9 Å². The first kappa shape index (κ1) is 26.3. The van der Waals surface area contributed by atoms with Crippen LogP contribution in [0.15, 0.2) is 70.2 Å². The molecule has 0 radical (unpaired) electrons. The van der Waals surface area contributed by atoms with Crippen molar-refractivity contribution in [1.82, 2.24) is 4.98 Å². The number of carbonyl (C=O) groups is 2. The lowest BCUT2D eigenvalue weighted by atomic mass is 9.74. The molecule has 0 saturated carbocycles. The third kappa shape index (κ3) is 5.06. The summed E-state index contributed by atoms with van der Waals surface area (Å²) in [5.41, 5.74) is 2.34. The van der Waals surface area contributed by atoms with Gasteiger partial charge >= 0.3 is 18.1 Å². The maximum atomic E-state index is 13.2. The van der Waals surface area contributed by atoms with Gasteiger partial charge in [-0.05, 0) is 31.5 Å². The highest BCUT2D eigenvalue weighted by Crippen LogP contribution is 2.44. The molecule has 0 spiro atoms. The smallest absolute Gasteiger partial charge is 0.416 e. The molecular formula is C27H23F3N2O4S.